The van der Waals surface area contributed by atoms with Crippen molar-refractivity contribution in [1.29, 1.82) is 0 Å². The van der Waals surface area contributed by atoms with Crippen molar-refractivity contribution in [2.45, 2.75) is 24.7 Å². The van der Waals surface area contributed by atoms with E-state index in [1.54, 1.807) is 24.3 Å². The molecule has 0 aromatic heterocycles. The number of carbonyl (C=O) groups excluding carboxylic acids is 2. The highest BCUT2D eigenvalue weighted by Crippen LogP contribution is 2.38. The summed E-state index contributed by atoms with van der Waals surface area (Å²) in [6.45, 7) is 0. The van der Waals surface area contributed by atoms with E-state index < -0.39 is 46.9 Å². The Morgan fingerprint density at radius 3 is 2.11 bits per heavy atom. The molecule has 148 valence electrons. The van der Waals surface area contributed by atoms with E-state index in [4.69, 9.17) is 0 Å². The molecule has 10 heteroatoms. The van der Waals surface area contributed by atoms with E-state index in [9.17, 15) is 35.9 Å². The second-order valence-corrected chi connectivity index (χ2v) is 6.18. The van der Waals surface area contributed by atoms with Gasteiger partial charge in [-0.15, -0.1) is 0 Å². The summed E-state index contributed by atoms with van der Waals surface area (Å²) in [4.78, 5) is 24.3. The minimum absolute atomic E-state index is 0.0288. The molecular formula is C18H12F6N2O2. The molecule has 28 heavy (non-hydrogen) atoms. The van der Waals surface area contributed by atoms with Crippen molar-refractivity contribution < 1.29 is 35.9 Å². The van der Waals surface area contributed by atoms with Crippen molar-refractivity contribution in [1.82, 2.24) is 0 Å². The summed E-state index contributed by atoms with van der Waals surface area (Å²) in [6.07, 6.45) is -10.3. The fourth-order valence-corrected chi connectivity index (χ4v) is 2.90. The molecule has 1 aliphatic heterocycles. The van der Waals surface area contributed by atoms with Gasteiger partial charge in [0.1, 0.15) is 0 Å². The van der Waals surface area contributed by atoms with Crippen LogP contribution in [-0.4, -0.2) is 11.8 Å². The van der Waals surface area contributed by atoms with Crippen LogP contribution in [0.15, 0.2) is 42.5 Å². The van der Waals surface area contributed by atoms with Crippen molar-refractivity contribution in [2.24, 2.45) is 0 Å². The summed E-state index contributed by atoms with van der Waals surface area (Å²) in [5, 5.41) is 4.63. The monoisotopic (exact) mass is 402 g/mol. The molecule has 0 fully saturated rings. The molecule has 2 N–H and O–H groups in total. The van der Waals surface area contributed by atoms with E-state index in [2.05, 4.69) is 10.6 Å². The molecule has 1 heterocycles. The molecule has 2 aromatic rings. The van der Waals surface area contributed by atoms with Crippen LogP contribution >= 0.6 is 0 Å². The van der Waals surface area contributed by atoms with Gasteiger partial charge in [-0.1, -0.05) is 18.2 Å². The lowest BCUT2D eigenvalue weighted by Gasteiger charge is -2.25. The molecule has 1 atom stereocenters. The Balaban J connectivity index is 1.95. The first-order chi connectivity index (χ1) is 12.9. The maximum atomic E-state index is 12.9. The maximum Gasteiger partial charge on any atom is 0.416 e. The first kappa shape index (κ1) is 19.7. The number of halogens is 6. The summed E-state index contributed by atoms with van der Waals surface area (Å²) in [7, 11) is 0. The van der Waals surface area contributed by atoms with Crippen LogP contribution in [0.3, 0.4) is 0 Å². The predicted molar refractivity (Wildman–Crippen MR) is 87.5 cm³/mol. The van der Waals surface area contributed by atoms with E-state index in [0.29, 0.717) is 23.4 Å². The third-order valence-corrected chi connectivity index (χ3v) is 4.17. The molecule has 0 saturated carbocycles. The van der Waals surface area contributed by atoms with Gasteiger partial charge < -0.3 is 10.6 Å². The average Bonchev–Trinajstić information content (AvgIpc) is 2.59. The largest absolute Gasteiger partial charge is 0.416 e. The van der Waals surface area contributed by atoms with Crippen LogP contribution in [-0.2, 0) is 21.9 Å². The fourth-order valence-electron chi connectivity index (χ4n) is 2.90. The van der Waals surface area contributed by atoms with Crippen LogP contribution < -0.4 is 10.6 Å². The Labute approximate surface area is 154 Å². The molecule has 2 aromatic carbocycles. The number of hydrogen-bond donors (Lipinski definition) is 2. The van der Waals surface area contributed by atoms with Gasteiger partial charge in [0, 0.05) is 17.8 Å². The molecule has 1 unspecified atom stereocenters. The first-order valence-electron chi connectivity index (χ1n) is 7.94. The van der Waals surface area contributed by atoms with Crippen molar-refractivity contribution >= 4 is 23.2 Å². The van der Waals surface area contributed by atoms with Crippen molar-refractivity contribution in [3.63, 3.8) is 0 Å². The number of para-hydroxylation sites is 1. The molecule has 0 aliphatic carbocycles. The molecule has 3 rings (SSSR count). The van der Waals surface area contributed by atoms with Gasteiger partial charge in [0.25, 0.3) is 0 Å². The predicted octanol–water partition coefficient (Wildman–Crippen LogP) is 4.79. The molecule has 0 bridgehead atoms. The number of anilines is 2. The highest BCUT2D eigenvalue weighted by molar-refractivity contribution is 6.05. The summed E-state index contributed by atoms with van der Waals surface area (Å²) in [5.74, 6) is -2.41. The van der Waals surface area contributed by atoms with Gasteiger partial charge in [0.2, 0.25) is 11.8 Å². The zero-order valence-corrected chi connectivity index (χ0v) is 13.9. The normalized spacial score (nSPS) is 16.9. The zero-order chi connectivity index (χ0) is 20.7. The minimum Gasteiger partial charge on any atom is -0.326 e. The van der Waals surface area contributed by atoms with Crippen LogP contribution in [0, 0.1) is 0 Å². The fraction of sp³-hybridized carbons (Fsp3) is 0.222. The SMILES string of the molecule is O=C1CC(C(=O)Nc2cc(C(F)(F)F)cc(C(F)(F)F)c2)c2ccccc2N1. The van der Waals surface area contributed by atoms with Crippen LogP contribution in [0.4, 0.5) is 37.7 Å². The molecule has 1 aliphatic rings. The standard InChI is InChI=1S/C18H12F6N2O2/c19-17(20,21)9-5-10(18(22,23)24)7-11(6-9)25-16(28)13-8-15(27)26-14-4-2-1-3-12(13)14/h1-7,13H,8H2,(H,25,28)(H,26,27). The van der Waals surface area contributed by atoms with Gasteiger partial charge in [0.05, 0.1) is 17.0 Å². The molecule has 4 nitrogen and oxygen atoms in total. The number of alkyl halides is 6. The summed E-state index contributed by atoms with van der Waals surface area (Å²) in [6, 6.07) is 7.11. The lowest BCUT2D eigenvalue weighted by molar-refractivity contribution is -0.143. The van der Waals surface area contributed by atoms with Gasteiger partial charge in [-0.3, -0.25) is 9.59 Å². The Morgan fingerprint density at radius 1 is 0.964 bits per heavy atom. The smallest absolute Gasteiger partial charge is 0.326 e. The second kappa shape index (κ2) is 6.84. The Hall–Kier alpha value is -3.04. The quantitative estimate of drug-likeness (QED) is 0.710. The van der Waals surface area contributed by atoms with Gasteiger partial charge in [-0.25, -0.2) is 0 Å². The number of carbonyl (C=O) groups is 2. The summed E-state index contributed by atoms with van der Waals surface area (Å²) in [5.41, 5.74) is -2.96. The van der Waals surface area contributed by atoms with Crippen LogP contribution in [0.2, 0.25) is 0 Å². The van der Waals surface area contributed by atoms with E-state index in [1.807, 2.05) is 0 Å². The molecular weight excluding hydrogens is 390 g/mol. The Bertz CT molecular complexity index is 904. The third-order valence-electron chi connectivity index (χ3n) is 4.17. The highest BCUT2D eigenvalue weighted by Gasteiger charge is 2.37. The Kier molecular flexibility index (Phi) is 4.82. The number of hydrogen-bond acceptors (Lipinski definition) is 2. The van der Waals surface area contributed by atoms with Crippen LogP contribution in [0.5, 0.6) is 0 Å². The number of amides is 2. The first-order valence-corrected chi connectivity index (χ1v) is 7.94. The van der Waals surface area contributed by atoms with Crippen molar-refractivity contribution in [3.05, 3.63) is 59.2 Å². The topological polar surface area (TPSA) is 58.2 Å². The molecule has 0 spiro atoms. The van der Waals surface area contributed by atoms with Gasteiger partial charge >= 0.3 is 12.4 Å². The Morgan fingerprint density at radius 2 is 1.54 bits per heavy atom. The van der Waals surface area contributed by atoms with Crippen molar-refractivity contribution in [3.8, 4) is 0 Å². The second-order valence-electron chi connectivity index (χ2n) is 6.18. The van der Waals surface area contributed by atoms with Gasteiger partial charge in [-0.05, 0) is 29.8 Å². The van der Waals surface area contributed by atoms with Crippen LogP contribution in [0.25, 0.3) is 0 Å². The maximum absolute atomic E-state index is 12.9. The third kappa shape index (κ3) is 4.10. The van der Waals surface area contributed by atoms with E-state index in [0.717, 1.165) is 0 Å². The number of nitrogens with one attached hydrogen (secondary N) is 2. The van der Waals surface area contributed by atoms with Gasteiger partial charge in [0.15, 0.2) is 0 Å². The minimum atomic E-state index is -5.03. The van der Waals surface area contributed by atoms with E-state index in [-0.39, 0.29) is 12.5 Å². The summed E-state index contributed by atoms with van der Waals surface area (Å²) >= 11 is 0. The van der Waals surface area contributed by atoms with Gasteiger partial charge in [-0.2, -0.15) is 26.3 Å². The average molecular weight is 402 g/mol. The lowest BCUT2D eigenvalue weighted by Crippen LogP contribution is -2.30. The lowest BCUT2D eigenvalue weighted by atomic mass is 9.89. The number of fused-ring (bicyclic) bond motifs is 1. The van der Waals surface area contributed by atoms with E-state index >= 15 is 0 Å². The molecule has 0 saturated heterocycles. The molecule has 0 radical (unpaired) electrons. The van der Waals surface area contributed by atoms with Crippen LogP contribution in [0.1, 0.15) is 29.0 Å². The highest BCUT2D eigenvalue weighted by atomic mass is 19.4. The number of rotatable bonds is 2. The van der Waals surface area contributed by atoms with E-state index in [1.165, 1.54) is 0 Å². The number of benzene rings is 2. The molecule has 2 amide bonds. The zero-order valence-electron chi connectivity index (χ0n) is 13.9. The van der Waals surface area contributed by atoms with Crippen molar-refractivity contribution in [2.75, 3.05) is 10.6 Å². The summed E-state index contributed by atoms with van der Waals surface area (Å²) < 4.78 is 77.7.